The lowest BCUT2D eigenvalue weighted by Gasteiger charge is -2.33. The minimum Gasteiger partial charge on any atom is -0.504 e. The lowest BCUT2D eigenvalue weighted by molar-refractivity contribution is -0.147. The van der Waals surface area contributed by atoms with Gasteiger partial charge in [0.25, 0.3) is 0 Å². The first-order valence-electron chi connectivity index (χ1n) is 6.20. The van der Waals surface area contributed by atoms with Gasteiger partial charge in [0.05, 0.1) is 6.42 Å². The van der Waals surface area contributed by atoms with Crippen molar-refractivity contribution in [3.8, 4) is 23.0 Å². The minimum atomic E-state index is -1.89. The summed E-state index contributed by atoms with van der Waals surface area (Å²) < 4.78 is 5.40. The number of benzene rings is 2. The van der Waals surface area contributed by atoms with Gasteiger partial charge in [-0.05, 0) is 0 Å². The van der Waals surface area contributed by atoms with Gasteiger partial charge in [0.2, 0.25) is 11.5 Å². The van der Waals surface area contributed by atoms with Crippen LogP contribution in [0.3, 0.4) is 0 Å². The average Bonchev–Trinajstić information content (AvgIpc) is 2.45. The van der Waals surface area contributed by atoms with Crippen molar-refractivity contribution in [3.05, 3.63) is 47.5 Å². The molecule has 1 atom stereocenters. The number of fused-ring (bicyclic) bond motifs is 1. The van der Waals surface area contributed by atoms with Crippen molar-refractivity contribution in [3.63, 3.8) is 0 Å². The van der Waals surface area contributed by atoms with Gasteiger partial charge in [0, 0.05) is 11.6 Å². The highest BCUT2D eigenvalue weighted by atomic mass is 16.6. The molecule has 6 heteroatoms. The highest BCUT2D eigenvalue weighted by Gasteiger charge is 2.42. The number of carbonyl (C=O) groups excluding carboxylic acids is 1. The van der Waals surface area contributed by atoms with Crippen molar-refractivity contribution in [1.82, 2.24) is 0 Å². The van der Waals surface area contributed by atoms with E-state index in [1.807, 2.05) is 0 Å². The summed E-state index contributed by atoms with van der Waals surface area (Å²) in [5.41, 5.74) is 0.113. The molecule has 1 aliphatic heterocycles. The van der Waals surface area contributed by atoms with Crippen LogP contribution in [0.1, 0.15) is 22.3 Å². The van der Waals surface area contributed by atoms with Crippen LogP contribution < -0.4 is 4.74 Å². The molecule has 1 aliphatic rings. The molecule has 3 rings (SSSR count). The molecule has 1 unspecified atom stereocenters. The summed E-state index contributed by atoms with van der Waals surface area (Å²) in [6, 6.07) is 9.29. The number of carbonyl (C=O) groups is 1. The third kappa shape index (κ3) is 1.96. The van der Waals surface area contributed by atoms with Crippen LogP contribution in [-0.4, -0.2) is 26.2 Å². The fourth-order valence-corrected chi connectivity index (χ4v) is 2.35. The van der Waals surface area contributed by atoms with Crippen molar-refractivity contribution in [2.45, 2.75) is 12.2 Å². The summed E-state index contributed by atoms with van der Waals surface area (Å²) in [6.07, 6.45) is -0.415. The van der Waals surface area contributed by atoms with Crippen LogP contribution in [0.5, 0.6) is 23.0 Å². The number of phenols is 3. The molecule has 0 aromatic heterocycles. The zero-order chi connectivity index (χ0) is 15.2. The fourth-order valence-electron chi connectivity index (χ4n) is 2.35. The Balaban J connectivity index is 2.14. The first kappa shape index (κ1) is 13.3. The molecule has 0 saturated heterocycles. The molecule has 0 radical (unpaired) electrons. The number of Topliss-reactive ketones (excluding diaryl/α,β-unsaturated/α-hetero) is 1. The quantitative estimate of drug-likeness (QED) is 0.594. The standard InChI is InChI=1S/C15H12O6/c16-9-6-11-12(14(19)13(9)18)10(17)7-15(20,21-11)8-4-2-1-3-5-8/h1-6,16,18-20H,7H2. The van der Waals surface area contributed by atoms with Crippen LogP contribution in [0.2, 0.25) is 0 Å². The lowest BCUT2D eigenvalue weighted by atomic mass is 9.92. The number of ketones is 1. The molecule has 2 aromatic carbocycles. The normalized spacial score (nSPS) is 20.7. The van der Waals surface area contributed by atoms with Crippen LogP contribution in [0.25, 0.3) is 0 Å². The predicted octanol–water partition coefficient (Wildman–Crippen LogP) is 1.61. The van der Waals surface area contributed by atoms with E-state index in [-0.39, 0.29) is 11.3 Å². The molecule has 0 amide bonds. The van der Waals surface area contributed by atoms with Gasteiger partial charge < -0.3 is 25.2 Å². The maximum atomic E-state index is 12.2. The molecule has 0 spiro atoms. The third-order valence-corrected chi connectivity index (χ3v) is 3.40. The van der Waals surface area contributed by atoms with E-state index in [2.05, 4.69) is 0 Å². The zero-order valence-electron chi connectivity index (χ0n) is 10.8. The van der Waals surface area contributed by atoms with Gasteiger partial charge in [-0.25, -0.2) is 0 Å². The number of hydrogen-bond acceptors (Lipinski definition) is 6. The Kier molecular flexibility index (Phi) is 2.77. The van der Waals surface area contributed by atoms with E-state index < -0.39 is 35.2 Å². The Morgan fingerprint density at radius 1 is 1.05 bits per heavy atom. The summed E-state index contributed by atoms with van der Waals surface area (Å²) in [5.74, 6) is -4.88. The van der Waals surface area contributed by atoms with E-state index in [1.54, 1.807) is 30.3 Å². The molecule has 108 valence electrons. The Labute approximate surface area is 119 Å². The van der Waals surface area contributed by atoms with Crippen molar-refractivity contribution < 1.29 is 30.0 Å². The van der Waals surface area contributed by atoms with Crippen molar-refractivity contribution in [1.29, 1.82) is 0 Å². The fraction of sp³-hybridized carbons (Fsp3) is 0.133. The molecule has 4 N–H and O–H groups in total. The molecule has 0 bridgehead atoms. The average molecular weight is 288 g/mol. The van der Waals surface area contributed by atoms with Crippen molar-refractivity contribution in [2.75, 3.05) is 0 Å². The second kappa shape index (κ2) is 4.39. The molecule has 21 heavy (non-hydrogen) atoms. The van der Waals surface area contributed by atoms with E-state index in [0.717, 1.165) is 6.07 Å². The molecule has 0 fully saturated rings. The summed E-state index contributed by atoms with van der Waals surface area (Å²) in [4.78, 5) is 12.2. The lowest BCUT2D eigenvalue weighted by Crippen LogP contribution is -2.39. The Hall–Kier alpha value is -2.73. The largest absolute Gasteiger partial charge is 0.504 e. The van der Waals surface area contributed by atoms with Gasteiger partial charge in [-0.2, -0.15) is 0 Å². The number of rotatable bonds is 1. The third-order valence-electron chi connectivity index (χ3n) is 3.40. The van der Waals surface area contributed by atoms with E-state index in [4.69, 9.17) is 4.74 Å². The summed E-state index contributed by atoms with van der Waals surface area (Å²) in [7, 11) is 0. The maximum absolute atomic E-state index is 12.2. The summed E-state index contributed by atoms with van der Waals surface area (Å²) >= 11 is 0. The van der Waals surface area contributed by atoms with Gasteiger partial charge in [-0.1, -0.05) is 30.3 Å². The highest BCUT2D eigenvalue weighted by Crippen LogP contribution is 2.48. The van der Waals surface area contributed by atoms with E-state index in [0.29, 0.717) is 5.56 Å². The SMILES string of the molecule is O=C1CC(O)(c2ccccc2)Oc2cc(O)c(O)c(O)c21. The summed E-state index contributed by atoms with van der Waals surface area (Å²) in [5, 5.41) is 39.2. The zero-order valence-corrected chi connectivity index (χ0v) is 10.8. The molecule has 1 heterocycles. The molecule has 6 nitrogen and oxygen atoms in total. The number of aliphatic hydroxyl groups is 1. The van der Waals surface area contributed by atoms with Gasteiger partial charge in [-0.15, -0.1) is 0 Å². The van der Waals surface area contributed by atoms with Gasteiger partial charge >= 0.3 is 0 Å². The maximum Gasteiger partial charge on any atom is 0.242 e. The summed E-state index contributed by atoms with van der Waals surface area (Å²) in [6.45, 7) is 0. The molecular weight excluding hydrogens is 276 g/mol. The van der Waals surface area contributed by atoms with E-state index >= 15 is 0 Å². The number of aromatic hydroxyl groups is 3. The van der Waals surface area contributed by atoms with Gasteiger partial charge in [0.15, 0.2) is 17.3 Å². The topological polar surface area (TPSA) is 107 Å². The molecule has 0 saturated carbocycles. The second-order valence-electron chi connectivity index (χ2n) is 4.82. The van der Waals surface area contributed by atoms with Crippen LogP contribution >= 0.6 is 0 Å². The Morgan fingerprint density at radius 2 is 1.71 bits per heavy atom. The molecule has 0 aliphatic carbocycles. The van der Waals surface area contributed by atoms with Crippen molar-refractivity contribution in [2.24, 2.45) is 0 Å². The van der Waals surface area contributed by atoms with Crippen LogP contribution in [0.15, 0.2) is 36.4 Å². The highest BCUT2D eigenvalue weighted by molar-refractivity contribution is 6.03. The van der Waals surface area contributed by atoms with Crippen molar-refractivity contribution >= 4 is 5.78 Å². The second-order valence-corrected chi connectivity index (χ2v) is 4.82. The van der Waals surface area contributed by atoms with Crippen LogP contribution in [0.4, 0.5) is 0 Å². The first-order valence-corrected chi connectivity index (χ1v) is 6.20. The predicted molar refractivity (Wildman–Crippen MR) is 71.4 cm³/mol. The van der Waals surface area contributed by atoms with E-state index in [1.165, 1.54) is 0 Å². The monoisotopic (exact) mass is 288 g/mol. The van der Waals surface area contributed by atoms with Gasteiger partial charge in [0.1, 0.15) is 11.3 Å². The Bertz CT molecular complexity index is 725. The first-order chi connectivity index (χ1) is 9.92. The van der Waals surface area contributed by atoms with Crippen LogP contribution in [0, 0.1) is 0 Å². The number of ether oxygens (including phenoxy) is 1. The molecule has 2 aromatic rings. The molecular formula is C15H12O6. The smallest absolute Gasteiger partial charge is 0.242 e. The van der Waals surface area contributed by atoms with Crippen LogP contribution in [-0.2, 0) is 5.79 Å². The number of hydrogen-bond donors (Lipinski definition) is 4. The van der Waals surface area contributed by atoms with Gasteiger partial charge in [-0.3, -0.25) is 4.79 Å². The Morgan fingerprint density at radius 3 is 2.38 bits per heavy atom. The van der Waals surface area contributed by atoms with E-state index in [9.17, 15) is 25.2 Å². The minimum absolute atomic E-state index is 0.189. The number of phenolic OH excluding ortho intramolecular Hbond substituents is 3.